The van der Waals surface area contributed by atoms with Gasteiger partial charge in [-0.05, 0) is 37.5 Å². The van der Waals surface area contributed by atoms with E-state index in [9.17, 15) is 4.79 Å². The van der Waals surface area contributed by atoms with Crippen molar-refractivity contribution in [3.63, 3.8) is 0 Å². The van der Waals surface area contributed by atoms with Gasteiger partial charge in [-0.3, -0.25) is 4.79 Å². The zero-order chi connectivity index (χ0) is 17.4. The highest BCUT2D eigenvalue weighted by atomic mass is 16.5. The van der Waals surface area contributed by atoms with Crippen LogP contribution in [0.4, 0.5) is 11.5 Å². The van der Waals surface area contributed by atoms with Gasteiger partial charge in [0.1, 0.15) is 5.75 Å². The Bertz CT molecular complexity index is 946. The van der Waals surface area contributed by atoms with Crippen LogP contribution in [0.2, 0.25) is 0 Å². The minimum atomic E-state index is 0.0270. The number of ether oxygens (including phenoxy) is 1. The van der Waals surface area contributed by atoms with Gasteiger partial charge >= 0.3 is 0 Å². The lowest BCUT2D eigenvalue weighted by Crippen LogP contribution is -2.13. The van der Waals surface area contributed by atoms with E-state index >= 15 is 0 Å². The summed E-state index contributed by atoms with van der Waals surface area (Å²) in [5.74, 6) is 1.83. The Morgan fingerprint density at radius 1 is 1.28 bits per heavy atom. The van der Waals surface area contributed by atoms with Crippen LogP contribution < -0.4 is 15.4 Å². The first kappa shape index (κ1) is 15.4. The van der Waals surface area contributed by atoms with Crippen molar-refractivity contribution in [3.05, 3.63) is 42.1 Å². The number of hydrogen-bond acceptors (Lipinski definition) is 5. The molecule has 7 nitrogen and oxygen atoms in total. The molecule has 0 atom stereocenters. The largest absolute Gasteiger partial charge is 0.438 e. The Kier molecular flexibility index (Phi) is 3.76. The van der Waals surface area contributed by atoms with Crippen molar-refractivity contribution in [2.45, 2.75) is 19.8 Å². The summed E-state index contributed by atoms with van der Waals surface area (Å²) in [6.45, 7) is 2.03. The minimum absolute atomic E-state index is 0.0270. The van der Waals surface area contributed by atoms with Crippen molar-refractivity contribution in [1.82, 2.24) is 14.6 Å². The van der Waals surface area contributed by atoms with Gasteiger partial charge in [0.15, 0.2) is 11.5 Å². The number of carbonyl (C=O) groups excluding carboxylic acids is 1. The fourth-order valence-electron chi connectivity index (χ4n) is 2.61. The summed E-state index contributed by atoms with van der Waals surface area (Å²) in [4.78, 5) is 16.2. The number of carbonyl (C=O) groups is 1. The van der Waals surface area contributed by atoms with Crippen molar-refractivity contribution in [1.29, 1.82) is 0 Å². The zero-order valence-corrected chi connectivity index (χ0v) is 14.1. The maximum atomic E-state index is 11.8. The number of imidazole rings is 1. The molecule has 0 bridgehead atoms. The topological polar surface area (TPSA) is 80.5 Å². The molecule has 2 heterocycles. The molecule has 4 rings (SSSR count). The maximum absolute atomic E-state index is 11.8. The molecule has 1 saturated carbocycles. The van der Waals surface area contributed by atoms with Crippen LogP contribution in [0.15, 0.2) is 36.5 Å². The summed E-state index contributed by atoms with van der Waals surface area (Å²) >= 11 is 0. The molecule has 128 valence electrons. The lowest BCUT2D eigenvalue weighted by Gasteiger charge is -2.09. The molecule has 25 heavy (non-hydrogen) atoms. The summed E-state index contributed by atoms with van der Waals surface area (Å²) in [6.07, 6.45) is 3.61. The van der Waals surface area contributed by atoms with Gasteiger partial charge in [-0.15, -0.1) is 5.10 Å². The van der Waals surface area contributed by atoms with E-state index < -0.39 is 0 Å². The third-order valence-corrected chi connectivity index (χ3v) is 4.20. The van der Waals surface area contributed by atoms with E-state index in [1.165, 1.54) is 0 Å². The van der Waals surface area contributed by atoms with E-state index in [0.29, 0.717) is 23.1 Å². The first-order chi connectivity index (χ1) is 12.1. The highest BCUT2D eigenvalue weighted by Crippen LogP contribution is 2.30. The smallest absolute Gasteiger partial charge is 0.237 e. The monoisotopic (exact) mass is 337 g/mol. The molecule has 0 spiro atoms. The van der Waals surface area contributed by atoms with Crippen molar-refractivity contribution < 1.29 is 9.53 Å². The number of nitrogens with zero attached hydrogens (tertiary/aromatic N) is 3. The normalized spacial score (nSPS) is 13.7. The predicted molar refractivity (Wildman–Crippen MR) is 95.1 cm³/mol. The predicted octanol–water partition coefficient (Wildman–Crippen LogP) is 3.22. The standard InChI is InChI=1S/C18H19N5O2/c1-11-3-6-13(9-14(11)19-2)25-17-8-7-16-20-15(10-23(16)22-17)21-18(24)12-4-5-12/h3,6-10,12,19H,4-5H2,1-2H3,(H,21,24). The minimum Gasteiger partial charge on any atom is -0.438 e. The Balaban J connectivity index is 1.55. The second kappa shape index (κ2) is 6.08. The molecule has 1 fully saturated rings. The Morgan fingerprint density at radius 2 is 2.12 bits per heavy atom. The molecule has 0 saturated heterocycles. The van der Waals surface area contributed by atoms with Gasteiger partial charge in [-0.2, -0.15) is 0 Å². The van der Waals surface area contributed by atoms with Crippen molar-refractivity contribution in [3.8, 4) is 11.6 Å². The van der Waals surface area contributed by atoms with Gasteiger partial charge < -0.3 is 15.4 Å². The number of nitrogens with one attached hydrogen (secondary N) is 2. The van der Waals surface area contributed by atoms with Crippen LogP contribution in [0.25, 0.3) is 5.65 Å². The molecular formula is C18H19N5O2. The van der Waals surface area contributed by atoms with Gasteiger partial charge in [0, 0.05) is 30.8 Å². The second-order valence-electron chi connectivity index (χ2n) is 6.19. The molecule has 1 amide bonds. The van der Waals surface area contributed by atoms with E-state index in [0.717, 1.165) is 24.1 Å². The Labute approximate surface area is 145 Å². The number of hydrogen-bond donors (Lipinski definition) is 2. The van der Waals surface area contributed by atoms with Gasteiger partial charge in [-0.1, -0.05) is 6.07 Å². The van der Waals surface area contributed by atoms with E-state index in [1.54, 1.807) is 16.8 Å². The molecule has 2 N–H and O–H groups in total. The van der Waals surface area contributed by atoms with Crippen LogP contribution in [0, 0.1) is 12.8 Å². The molecule has 7 heteroatoms. The fourth-order valence-corrected chi connectivity index (χ4v) is 2.61. The van der Waals surface area contributed by atoms with Crippen LogP contribution >= 0.6 is 0 Å². The summed E-state index contributed by atoms with van der Waals surface area (Å²) in [6, 6.07) is 9.38. The third-order valence-electron chi connectivity index (χ3n) is 4.20. The number of anilines is 2. The van der Waals surface area contributed by atoms with E-state index in [2.05, 4.69) is 20.7 Å². The summed E-state index contributed by atoms with van der Waals surface area (Å²) in [5, 5.41) is 10.4. The van der Waals surface area contributed by atoms with Gasteiger partial charge in [0.05, 0.1) is 6.20 Å². The molecule has 3 aromatic rings. The van der Waals surface area contributed by atoms with Crippen LogP contribution in [-0.2, 0) is 4.79 Å². The number of fused-ring (bicyclic) bond motifs is 1. The van der Waals surface area contributed by atoms with Crippen molar-refractivity contribution in [2.75, 3.05) is 17.7 Å². The molecule has 1 aliphatic rings. The number of aryl methyl sites for hydroxylation is 1. The van der Waals surface area contributed by atoms with E-state index in [4.69, 9.17) is 4.74 Å². The number of rotatable bonds is 5. The summed E-state index contributed by atoms with van der Waals surface area (Å²) in [5.41, 5.74) is 2.80. The van der Waals surface area contributed by atoms with Gasteiger partial charge in [-0.25, -0.2) is 9.50 Å². The van der Waals surface area contributed by atoms with Crippen LogP contribution in [0.3, 0.4) is 0 Å². The van der Waals surface area contributed by atoms with E-state index in [-0.39, 0.29) is 11.8 Å². The fraction of sp³-hybridized carbons (Fsp3) is 0.278. The lowest BCUT2D eigenvalue weighted by atomic mass is 10.2. The van der Waals surface area contributed by atoms with Crippen LogP contribution in [0.5, 0.6) is 11.6 Å². The Morgan fingerprint density at radius 3 is 2.88 bits per heavy atom. The average Bonchev–Trinajstić information content (AvgIpc) is 3.38. The van der Waals surface area contributed by atoms with Gasteiger partial charge in [0.2, 0.25) is 11.8 Å². The number of amides is 1. The average molecular weight is 337 g/mol. The SMILES string of the molecule is CNc1cc(Oc2ccc3nc(NC(=O)C4CC4)cn3n2)ccc1C. The third kappa shape index (κ3) is 3.26. The molecule has 1 aromatic carbocycles. The highest BCUT2D eigenvalue weighted by Gasteiger charge is 2.30. The molecule has 0 unspecified atom stereocenters. The number of aromatic nitrogens is 3. The lowest BCUT2D eigenvalue weighted by molar-refractivity contribution is -0.117. The highest BCUT2D eigenvalue weighted by molar-refractivity contribution is 5.93. The molecule has 2 aromatic heterocycles. The number of benzene rings is 1. The molecular weight excluding hydrogens is 318 g/mol. The first-order valence-corrected chi connectivity index (χ1v) is 8.26. The molecule has 0 aliphatic heterocycles. The second-order valence-corrected chi connectivity index (χ2v) is 6.19. The first-order valence-electron chi connectivity index (χ1n) is 8.26. The van der Waals surface area contributed by atoms with Crippen LogP contribution in [-0.4, -0.2) is 27.6 Å². The summed E-state index contributed by atoms with van der Waals surface area (Å²) < 4.78 is 7.44. The Hall–Kier alpha value is -3.09. The molecule has 0 radical (unpaired) electrons. The zero-order valence-electron chi connectivity index (χ0n) is 14.1. The summed E-state index contributed by atoms with van der Waals surface area (Å²) in [7, 11) is 1.87. The van der Waals surface area contributed by atoms with Crippen molar-refractivity contribution >= 4 is 23.1 Å². The molecule has 1 aliphatic carbocycles. The van der Waals surface area contributed by atoms with E-state index in [1.807, 2.05) is 38.2 Å². The quantitative estimate of drug-likeness (QED) is 0.747. The maximum Gasteiger partial charge on any atom is 0.237 e. The van der Waals surface area contributed by atoms with Crippen molar-refractivity contribution in [2.24, 2.45) is 5.92 Å². The van der Waals surface area contributed by atoms with Crippen LogP contribution in [0.1, 0.15) is 18.4 Å². The van der Waals surface area contributed by atoms with Gasteiger partial charge in [0.25, 0.3) is 0 Å².